The molecule has 7 heteroatoms. The minimum absolute atomic E-state index is 0.0850. The van der Waals surface area contributed by atoms with Gasteiger partial charge in [-0.3, -0.25) is 9.59 Å². The molecule has 7 nitrogen and oxygen atoms in total. The molecule has 2 amide bonds. The Morgan fingerprint density at radius 3 is 2.65 bits per heavy atom. The number of carbonyl (C=O) groups excluding carboxylic acids is 2. The molecule has 2 aromatic heterocycles. The molecule has 0 aliphatic heterocycles. The first-order valence-corrected chi connectivity index (χ1v) is 7.31. The lowest BCUT2D eigenvalue weighted by molar-refractivity contribution is -0.132. The molecular weight excluding hydrogens is 300 g/mol. The van der Waals surface area contributed by atoms with Gasteiger partial charge in [-0.15, -0.1) is 0 Å². The molecule has 0 aromatic carbocycles. The molecule has 2 rings (SSSR count). The van der Waals surface area contributed by atoms with Crippen molar-refractivity contribution in [3.05, 3.63) is 48.3 Å². The van der Waals surface area contributed by atoms with Crippen molar-refractivity contribution in [3.63, 3.8) is 0 Å². The largest absolute Gasteiger partial charge is 0.467 e. The Morgan fingerprint density at radius 1 is 1.22 bits per heavy atom. The lowest BCUT2D eigenvalue weighted by atomic mass is 10.3. The van der Waals surface area contributed by atoms with Crippen LogP contribution in [-0.2, 0) is 16.1 Å². The van der Waals surface area contributed by atoms with Crippen LogP contribution in [0.3, 0.4) is 0 Å². The van der Waals surface area contributed by atoms with Crippen molar-refractivity contribution in [2.45, 2.75) is 13.0 Å². The van der Waals surface area contributed by atoms with Crippen LogP contribution in [0.5, 0.6) is 0 Å². The maximum absolute atomic E-state index is 12.3. The summed E-state index contributed by atoms with van der Waals surface area (Å²) in [6.45, 7) is 1.51. The van der Waals surface area contributed by atoms with E-state index < -0.39 is 0 Å². The second kappa shape index (κ2) is 8.79. The number of nitrogens with zero attached hydrogens (tertiary/aromatic N) is 1. The van der Waals surface area contributed by atoms with Gasteiger partial charge in [0.25, 0.3) is 5.91 Å². The zero-order valence-corrected chi connectivity index (χ0v) is 13.0. The van der Waals surface area contributed by atoms with Gasteiger partial charge < -0.3 is 23.8 Å². The van der Waals surface area contributed by atoms with Crippen LogP contribution >= 0.6 is 0 Å². The summed E-state index contributed by atoms with van der Waals surface area (Å²) in [5, 5.41) is 2.65. The van der Waals surface area contributed by atoms with E-state index in [9.17, 15) is 9.59 Å². The Kier molecular flexibility index (Phi) is 6.43. The predicted octanol–water partition coefficient (Wildman–Crippen LogP) is 1.67. The Morgan fingerprint density at radius 2 is 2.00 bits per heavy atom. The van der Waals surface area contributed by atoms with E-state index in [1.54, 1.807) is 36.5 Å². The topological polar surface area (TPSA) is 84.9 Å². The molecule has 0 saturated carbocycles. The lowest BCUT2D eigenvalue weighted by Crippen LogP contribution is -2.36. The fraction of sp³-hybridized carbons (Fsp3) is 0.375. The van der Waals surface area contributed by atoms with Crippen molar-refractivity contribution >= 4 is 11.8 Å². The van der Waals surface area contributed by atoms with E-state index in [-0.39, 0.29) is 30.5 Å². The van der Waals surface area contributed by atoms with Gasteiger partial charge in [0.1, 0.15) is 5.76 Å². The van der Waals surface area contributed by atoms with E-state index >= 15 is 0 Å². The highest BCUT2D eigenvalue weighted by molar-refractivity contribution is 5.91. The molecule has 0 aliphatic carbocycles. The highest BCUT2D eigenvalue weighted by Gasteiger charge is 2.16. The number of hydrogen-bond acceptors (Lipinski definition) is 5. The van der Waals surface area contributed by atoms with Gasteiger partial charge in [0.15, 0.2) is 5.76 Å². The third-order valence-corrected chi connectivity index (χ3v) is 3.21. The van der Waals surface area contributed by atoms with Gasteiger partial charge in [-0.25, -0.2) is 0 Å². The van der Waals surface area contributed by atoms with Crippen LogP contribution in [0.25, 0.3) is 0 Å². The number of nitrogens with one attached hydrogen (secondary N) is 1. The second-order valence-electron chi connectivity index (χ2n) is 4.87. The quantitative estimate of drug-likeness (QED) is 0.759. The summed E-state index contributed by atoms with van der Waals surface area (Å²) in [6, 6.07) is 6.79. The van der Waals surface area contributed by atoms with Crippen LogP contribution in [0.4, 0.5) is 0 Å². The van der Waals surface area contributed by atoms with Gasteiger partial charge in [0.2, 0.25) is 5.91 Å². The normalized spacial score (nSPS) is 10.5. The van der Waals surface area contributed by atoms with Crippen molar-refractivity contribution in [1.82, 2.24) is 10.2 Å². The second-order valence-corrected chi connectivity index (χ2v) is 4.87. The SMILES string of the molecule is COCCN(Cc1ccco1)C(=O)CCNC(=O)c1ccco1. The molecule has 0 aliphatic rings. The molecule has 0 radical (unpaired) electrons. The highest BCUT2D eigenvalue weighted by Crippen LogP contribution is 2.07. The molecule has 1 N–H and O–H groups in total. The summed E-state index contributed by atoms with van der Waals surface area (Å²) in [4.78, 5) is 25.7. The molecule has 0 bridgehead atoms. The van der Waals surface area contributed by atoms with Crippen molar-refractivity contribution in [2.75, 3.05) is 26.8 Å². The van der Waals surface area contributed by atoms with E-state index in [0.29, 0.717) is 25.5 Å². The third-order valence-electron chi connectivity index (χ3n) is 3.21. The minimum atomic E-state index is -0.336. The van der Waals surface area contributed by atoms with E-state index in [0.717, 1.165) is 0 Å². The van der Waals surface area contributed by atoms with Gasteiger partial charge >= 0.3 is 0 Å². The van der Waals surface area contributed by atoms with Gasteiger partial charge in [0, 0.05) is 26.6 Å². The van der Waals surface area contributed by atoms with Crippen molar-refractivity contribution in [2.24, 2.45) is 0 Å². The van der Waals surface area contributed by atoms with E-state index in [4.69, 9.17) is 13.6 Å². The number of rotatable bonds is 9. The fourth-order valence-electron chi connectivity index (χ4n) is 2.02. The predicted molar refractivity (Wildman–Crippen MR) is 81.7 cm³/mol. The van der Waals surface area contributed by atoms with Crippen molar-refractivity contribution in [3.8, 4) is 0 Å². The Hall–Kier alpha value is -2.54. The van der Waals surface area contributed by atoms with Gasteiger partial charge in [-0.2, -0.15) is 0 Å². The first kappa shape index (κ1) is 16.8. The van der Waals surface area contributed by atoms with E-state index in [2.05, 4.69) is 5.32 Å². The molecule has 124 valence electrons. The number of amides is 2. The van der Waals surface area contributed by atoms with Gasteiger partial charge in [-0.05, 0) is 24.3 Å². The zero-order valence-electron chi connectivity index (χ0n) is 13.0. The molecule has 0 unspecified atom stereocenters. The average Bonchev–Trinajstić information content (AvgIpc) is 3.24. The maximum atomic E-state index is 12.3. The number of furan rings is 2. The number of ether oxygens (including phenoxy) is 1. The molecular formula is C16H20N2O5. The Labute approximate surface area is 134 Å². The highest BCUT2D eigenvalue weighted by atomic mass is 16.5. The lowest BCUT2D eigenvalue weighted by Gasteiger charge is -2.21. The van der Waals surface area contributed by atoms with Crippen molar-refractivity contribution in [1.29, 1.82) is 0 Å². The Bertz CT molecular complexity index is 592. The van der Waals surface area contributed by atoms with Crippen LogP contribution in [0.2, 0.25) is 0 Å². The summed E-state index contributed by atoms with van der Waals surface area (Å²) in [7, 11) is 1.58. The van der Waals surface area contributed by atoms with Crippen molar-refractivity contribution < 1.29 is 23.2 Å². The molecule has 0 atom stereocenters. The summed E-state index contributed by atoms with van der Waals surface area (Å²) in [5.74, 6) is 0.508. The smallest absolute Gasteiger partial charge is 0.286 e. The molecule has 0 spiro atoms. The molecule has 2 aromatic rings. The monoisotopic (exact) mass is 320 g/mol. The van der Waals surface area contributed by atoms with Crippen LogP contribution in [-0.4, -0.2) is 43.5 Å². The summed E-state index contributed by atoms with van der Waals surface area (Å²) < 4.78 is 15.3. The third kappa shape index (κ3) is 5.30. The first-order valence-electron chi connectivity index (χ1n) is 7.31. The van der Waals surface area contributed by atoms with Crippen LogP contribution in [0.1, 0.15) is 22.7 Å². The number of methoxy groups -OCH3 is 1. The minimum Gasteiger partial charge on any atom is -0.467 e. The molecule has 23 heavy (non-hydrogen) atoms. The van der Waals surface area contributed by atoms with Gasteiger partial charge in [-0.1, -0.05) is 0 Å². The molecule has 0 saturated heterocycles. The van der Waals surface area contributed by atoms with E-state index in [1.165, 1.54) is 6.26 Å². The standard InChI is InChI=1S/C16H20N2O5/c1-21-11-8-18(12-13-4-2-9-22-13)15(19)6-7-17-16(20)14-5-3-10-23-14/h2-5,9-10H,6-8,11-12H2,1H3,(H,17,20). The summed E-state index contributed by atoms with van der Waals surface area (Å²) in [5.41, 5.74) is 0. The van der Waals surface area contributed by atoms with Gasteiger partial charge in [0.05, 0.1) is 25.7 Å². The maximum Gasteiger partial charge on any atom is 0.286 e. The zero-order chi connectivity index (χ0) is 16.5. The molecule has 0 fully saturated rings. The Balaban J connectivity index is 1.80. The van der Waals surface area contributed by atoms with Crippen LogP contribution < -0.4 is 5.32 Å². The first-order chi connectivity index (χ1) is 11.2. The number of hydrogen-bond donors (Lipinski definition) is 1. The molecule has 2 heterocycles. The summed E-state index contributed by atoms with van der Waals surface area (Å²) >= 11 is 0. The fourth-order valence-corrected chi connectivity index (χ4v) is 2.02. The summed E-state index contributed by atoms with van der Waals surface area (Å²) in [6.07, 6.45) is 3.19. The average molecular weight is 320 g/mol. The number of carbonyl (C=O) groups is 2. The van der Waals surface area contributed by atoms with Crippen LogP contribution in [0, 0.1) is 0 Å². The van der Waals surface area contributed by atoms with E-state index in [1.807, 2.05) is 6.07 Å². The van der Waals surface area contributed by atoms with Crippen LogP contribution in [0.15, 0.2) is 45.6 Å².